The molecule has 0 radical (unpaired) electrons. The fourth-order valence-electron chi connectivity index (χ4n) is 1.51. The number of hydrogen-bond donors (Lipinski definition) is 2. The molecule has 1 aliphatic rings. The first-order chi connectivity index (χ1) is 8.06. The molecule has 0 bridgehead atoms. The van der Waals surface area contributed by atoms with Gasteiger partial charge in [0.2, 0.25) is 11.8 Å². The van der Waals surface area contributed by atoms with Gasteiger partial charge in [-0.25, -0.2) is 0 Å². The number of aromatic nitrogens is 1. The Hall–Kier alpha value is -2.44. The molecule has 7 nitrogen and oxygen atoms in total. The lowest BCUT2D eigenvalue weighted by Gasteiger charge is -2.25. The molecule has 0 aromatic carbocycles. The Bertz CT molecular complexity index is 484. The van der Waals surface area contributed by atoms with Crippen LogP contribution in [0.15, 0.2) is 18.5 Å². The van der Waals surface area contributed by atoms with Gasteiger partial charge < -0.3 is 10.0 Å². The van der Waals surface area contributed by atoms with E-state index >= 15 is 0 Å². The van der Waals surface area contributed by atoms with Crippen molar-refractivity contribution >= 4 is 17.7 Å². The summed E-state index contributed by atoms with van der Waals surface area (Å²) in [4.78, 5) is 38.8. The van der Waals surface area contributed by atoms with Crippen molar-refractivity contribution < 1.29 is 19.5 Å². The number of carbonyl (C=O) groups excluding carboxylic acids is 3. The van der Waals surface area contributed by atoms with Crippen LogP contribution in [-0.4, -0.2) is 45.8 Å². The van der Waals surface area contributed by atoms with Crippen LogP contribution in [0.1, 0.15) is 10.4 Å². The van der Waals surface area contributed by atoms with Gasteiger partial charge in [0.15, 0.2) is 0 Å². The number of carbonyl (C=O) groups is 3. The van der Waals surface area contributed by atoms with Crippen molar-refractivity contribution in [2.24, 2.45) is 0 Å². The molecule has 0 saturated carbocycles. The largest absolute Gasteiger partial charge is 0.506 e. The zero-order valence-electron chi connectivity index (χ0n) is 8.71. The molecule has 0 unspecified atom stereocenters. The summed E-state index contributed by atoms with van der Waals surface area (Å²) >= 11 is 0. The molecule has 1 aromatic heterocycles. The second-order valence-electron chi connectivity index (χ2n) is 3.56. The van der Waals surface area contributed by atoms with Crippen LogP contribution in [0, 0.1) is 0 Å². The van der Waals surface area contributed by atoms with Crippen molar-refractivity contribution in [1.82, 2.24) is 15.2 Å². The number of amides is 3. The number of piperazine rings is 1. The summed E-state index contributed by atoms with van der Waals surface area (Å²) in [5.74, 6) is -1.72. The molecule has 2 N–H and O–H groups in total. The molecule has 2 heterocycles. The number of nitrogens with one attached hydrogen (secondary N) is 1. The third-order valence-corrected chi connectivity index (χ3v) is 2.21. The monoisotopic (exact) mass is 235 g/mol. The maximum absolute atomic E-state index is 11.9. The Labute approximate surface area is 96.1 Å². The van der Waals surface area contributed by atoms with Crippen LogP contribution in [-0.2, 0) is 9.59 Å². The van der Waals surface area contributed by atoms with Gasteiger partial charge in [0.05, 0.1) is 11.8 Å². The third-order valence-electron chi connectivity index (χ3n) is 2.21. The number of pyridine rings is 1. The molecule has 3 amide bonds. The van der Waals surface area contributed by atoms with Gasteiger partial charge in [-0.15, -0.1) is 0 Å². The van der Waals surface area contributed by atoms with Crippen LogP contribution < -0.4 is 5.32 Å². The molecule has 7 heteroatoms. The summed E-state index contributed by atoms with van der Waals surface area (Å²) in [6, 6.07) is 1.23. The Morgan fingerprint density at radius 2 is 1.94 bits per heavy atom. The molecule has 1 aliphatic heterocycles. The minimum Gasteiger partial charge on any atom is -0.506 e. The maximum Gasteiger partial charge on any atom is 0.256 e. The molecule has 88 valence electrons. The Morgan fingerprint density at radius 3 is 2.53 bits per heavy atom. The SMILES string of the molecule is O=C1CN(C(=O)c2cncc(O)c2)CC(=O)N1. The predicted octanol–water partition coefficient (Wildman–Crippen LogP) is -1.11. The van der Waals surface area contributed by atoms with Crippen molar-refractivity contribution in [3.63, 3.8) is 0 Å². The van der Waals surface area contributed by atoms with Crippen molar-refractivity contribution in [2.45, 2.75) is 0 Å². The number of nitrogens with zero attached hydrogens (tertiary/aromatic N) is 2. The smallest absolute Gasteiger partial charge is 0.256 e. The van der Waals surface area contributed by atoms with E-state index in [1.807, 2.05) is 0 Å². The molecule has 0 aliphatic carbocycles. The van der Waals surface area contributed by atoms with E-state index < -0.39 is 17.7 Å². The normalized spacial score (nSPS) is 15.6. The standard InChI is InChI=1S/C10H9N3O4/c14-7-1-6(2-11-3-7)10(17)13-4-8(15)12-9(16)5-13/h1-3,14H,4-5H2,(H,12,15,16). The van der Waals surface area contributed by atoms with Gasteiger partial charge in [0, 0.05) is 6.20 Å². The molecule has 0 atom stereocenters. The lowest BCUT2D eigenvalue weighted by molar-refractivity contribution is -0.135. The first kappa shape index (κ1) is 11.1. The molecule has 1 saturated heterocycles. The highest BCUT2D eigenvalue weighted by atomic mass is 16.3. The average molecular weight is 235 g/mol. The van der Waals surface area contributed by atoms with E-state index in [0.717, 1.165) is 4.90 Å². The highest BCUT2D eigenvalue weighted by molar-refractivity contribution is 6.05. The number of imide groups is 1. The highest BCUT2D eigenvalue weighted by Gasteiger charge is 2.27. The zero-order chi connectivity index (χ0) is 12.4. The molecular formula is C10H9N3O4. The van der Waals surface area contributed by atoms with Gasteiger partial charge in [-0.05, 0) is 6.07 Å². The lowest BCUT2D eigenvalue weighted by atomic mass is 10.2. The van der Waals surface area contributed by atoms with Crippen molar-refractivity contribution in [3.8, 4) is 5.75 Å². The van der Waals surface area contributed by atoms with E-state index in [1.54, 1.807) is 0 Å². The molecule has 1 fully saturated rings. The van der Waals surface area contributed by atoms with Gasteiger partial charge >= 0.3 is 0 Å². The van der Waals surface area contributed by atoms with Crippen molar-refractivity contribution in [1.29, 1.82) is 0 Å². The van der Waals surface area contributed by atoms with E-state index in [1.165, 1.54) is 18.5 Å². The topological polar surface area (TPSA) is 99.6 Å². The summed E-state index contributed by atoms with van der Waals surface area (Å²) in [5, 5.41) is 11.3. The molecule has 17 heavy (non-hydrogen) atoms. The number of hydrogen-bond acceptors (Lipinski definition) is 5. The second kappa shape index (κ2) is 4.20. The van der Waals surface area contributed by atoms with Gasteiger partial charge in [0.25, 0.3) is 5.91 Å². The van der Waals surface area contributed by atoms with Crippen molar-refractivity contribution in [3.05, 3.63) is 24.0 Å². The van der Waals surface area contributed by atoms with E-state index in [2.05, 4.69) is 10.3 Å². The first-order valence-electron chi connectivity index (χ1n) is 4.82. The van der Waals surface area contributed by atoms with E-state index in [0.29, 0.717) is 0 Å². The van der Waals surface area contributed by atoms with Gasteiger partial charge in [-0.2, -0.15) is 0 Å². The minimum absolute atomic E-state index is 0.132. The Kier molecular flexibility index (Phi) is 2.73. The van der Waals surface area contributed by atoms with Gasteiger partial charge in [-0.1, -0.05) is 0 Å². The summed E-state index contributed by atoms with van der Waals surface area (Å²) in [6.07, 6.45) is 2.45. The van der Waals surface area contributed by atoms with Crippen molar-refractivity contribution in [2.75, 3.05) is 13.1 Å². The van der Waals surface area contributed by atoms with E-state index in [4.69, 9.17) is 0 Å². The minimum atomic E-state index is -0.525. The van der Waals surface area contributed by atoms with Gasteiger partial charge in [-0.3, -0.25) is 24.7 Å². The molecule has 2 rings (SSSR count). The maximum atomic E-state index is 11.9. The lowest BCUT2D eigenvalue weighted by Crippen LogP contribution is -2.53. The van der Waals surface area contributed by atoms with Crippen LogP contribution in [0.3, 0.4) is 0 Å². The Morgan fingerprint density at radius 1 is 1.29 bits per heavy atom. The summed E-state index contributed by atoms with van der Waals surface area (Å²) in [6.45, 7) is -0.361. The fourth-order valence-corrected chi connectivity index (χ4v) is 1.51. The average Bonchev–Trinajstić information content (AvgIpc) is 2.26. The first-order valence-corrected chi connectivity index (χ1v) is 4.82. The van der Waals surface area contributed by atoms with E-state index in [9.17, 15) is 19.5 Å². The second-order valence-corrected chi connectivity index (χ2v) is 3.56. The molecular weight excluding hydrogens is 226 g/mol. The van der Waals surface area contributed by atoms with Gasteiger partial charge in [0.1, 0.15) is 18.8 Å². The van der Waals surface area contributed by atoms with Crippen LogP contribution >= 0.6 is 0 Å². The summed E-state index contributed by atoms with van der Waals surface area (Å²) in [7, 11) is 0. The molecule has 0 spiro atoms. The predicted molar refractivity (Wildman–Crippen MR) is 55.0 cm³/mol. The number of aromatic hydroxyl groups is 1. The van der Waals surface area contributed by atoms with Crippen LogP contribution in [0.25, 0.3) is 0 Å². The molecule has 1 aromatic rings. The summed E-state index contributed by atoms with van der Waals surface area (Å²) < 4.78 is 0. The van der Waals surface area contributed by atoms with Crippen LogP contribution in [0.4, 0.5) is 0 Å². The third kappa shape index (κ3) is 2.39. The number of rotatable bonds is 1. The fraction of sp³-hybridized carbons (Fsp3) is 0.200. The summed E-state index contributed by atoms with van der Waals surface area (Å²) in [5.41, 5.74) is 0.132. The zero-order valence-corrected chi connectivity index (χ0v) is 8.71. The van der Waals surface area contributed by atoms with E-state index in [-0.39, 0.29) is 24.4 Å². The highest BCUT2D eigenvalue weighted by Crippen LogP contribution is 2.11. The Balaban J connectivity index is 2.20. The quantitative estimate of drug-likeness (QED) is 0.601. The van der Waals surface area contributed by atoms with Crippen LogP contribution in [0.5, 0.6) is 5.75 Å². The van der Waals surface area contributed by atoms with Crippen LogP contribution in [0.2, 0.25) is 0 Å².